The van der Waals surface area contributed by atoms with Crippen LogP contribution in [-0.2, 0) is 4.74 Å². The number of rotatable bonds is 5. The Morgan fingerprint density at radius 1 is 1.22 bits per heavy atom. The summed E-state index contributed by atoms with van der Waals surface area (Å²) in [6.45, 7) is 4.03. The molecule has 1 fully saturated rings. The second-order valence-corrected chi connectivity index (χ2v) is 4.41. The third-order valence-electron chi connectivity index (χ3n) is 3.15. The number of carbonyl (C=O) groups excluding carboxylic acids is 1. The fourth-order valence-electron chi connectivity index (χ4n) is 2.10. The number of methoxy groups -OCH3 is 1. The molecule has 1 aliphatic heterocycles. The lowest BCUT2D eigenvalue weighted by Gasteiger charge is -2.14. The van der Waals surface area contributed by atoms with Gasteiger partial charge in [0.05, 0.1) is 12.7 Å². The van der Waals surface area contributed by atoms with Gasteiger partial charge in [0.1, 0.15) is 12.4 Å². The molecule has 0 amide bonds. The highest BCUT2D eigenvalue weighted by molar-refractivity contribution is 5.89. The summed E-state index contributed by atoms with van der Waals surface area (Å²) in [5, 5.41) is 0. The van der Waals surface area contributed by atoms with Gasteiger partial charge in [-0.25, -0.2) is 4.79 Å². The highest BCUT2D eigenvalue weighted by Crippen LogP contribution is 2.13. The molecular weight excluding hydrogens is 230 g/mol. The zero-order valence-electron chi connectivity index (χ0n) is 10.7. The number of benzene rings is 1. The van der Waals surface area contributed by atoms with Crippen LogP contribution in [0.25, 0.3) is 0 Å². The van der Waals surface area contributed by atoms with Gasteiger partial charge >= 0.3 is 5.97 Å². The Balaban J connectivity index is 1.77. The van der Waals surface area contributed by atoms with E-state index in [1.165, 1.54) is 33.0 Å². The largest absolute Gasteiger partial charge is 0.492 e. The maximum absolute atomic E-state index is 11.2. The molecule has 4 nitrogen and oxygen atoms in total. The summed E-state index contributed by atoms with van der Waals surface area (Å²) in [6.07, 6.45) is 2.60. The van der Waals surface area contributed by atoms with Gasteiger partial charge in [-0.1, -0.05) is 0 Å². The van der Waals surface area contributed by atoms with Crippen molar-refractivity contribution in [3.8, 4) is 5.75 Å². The minimum Gasteiger partial charge on any atom is -0.492 e. The second kappa shape index (κ2) is 6.40. The van der Waals surface area contributed by atoms with E-state index >= 15 is 0 Å². The van der Waals surface area contributed by atoms with Gasteiger partial charge in [0.15, 0.2) is 0 Å². The standard InChI is InChI=1S/C14H19NO3/c1-17-14(16)12-4-6-13(7-5-12)18-11-10-15-8-2-3-9-15/h4-7H,2-3,8-11H2,1H3. The Kier molecular flexibility index (Phi) is 4.59. The first kappa shape index (κ1) is 12.9. The van der Waals surface area contributed by atoms with Crippen LogP contribution in [0.15, 0.2) is 24.3 Å². The van der Waals surface area contributed by atoms with Crippen molar-refractivity contribution in [2.45, 2.75) is 12.8 Å². The molecule has 98 valence electrons. The molecule has 1 aromatic rings. The molecule has 1 saturated heterocycles. The molecule has 1 aliphatic rings. The van der Waals surface area contributed by atoms with E-state index in [0.717, 1.165) is 12.3 Å². The fraction of sp³-hybridized carbons (Fsp3) is 0.500. The second-order valence-electron chi connectivity index (χ2n) is 4.41. The number of hydrogen-bond acceptors (Lipinski definition) is 4. The van der Waals surface area contributed by atoms with Gasteiger partial charge in [-0.05, 0) is 50.2 Å². The highest BCUT2D eigenvalue weighted by atomic mass is 16.5. The average Bonchev–Trinajstić information content (AvgIpc) is 2.92. The van der Waals surface area contributed by atoms with E-state index in [0.29, 0.717) is 12.2 Å². The number of ether oxygens (including phenoxy) is 2. The van der Waals surface area contributed by atoms with Crippen LogP contribution >= 0.6 is 0 Å². The molecular formula is C14H19NO3. The smallest absolute Gasteiger partial charge is 0.337 e. The van der Waals surface area contributed by atoms with Crippen molar-refractivity contribution in [3.05, 3.63) is 29.8 Å². The number of likely N-dealkylation sites (tertiary alicyclic amines) is 1. The van der Waals surface area contributed by atoms with Gasteiger partial charge < -0.3 is 9.47 Å². The Labute approximate surface area is 107 Å². The maximum atomic E-state index is 11.2. The summed E-state index contributed by atoms with van der Waals surface area (Å²) < 4.78 is 10.3. The Morgan fingerprint density at radius 2 is 1.89 bits per heavy atom. The van der Waals surface area contributed by atoms with Crippen molar-refractivity contribution in [1.82, 2.24) is 4.90 Å². The lowest BCUT2D eigenvalue weighted by Crippen LogP contribution is -2.25. The van der Waals surface area contributed by atoms with Gasteiger partial charge in [-0.3, -0.25) is 4.90 Å². The molecule has 18 heavy (non-hydrogen) atoms. The fourth-order valence-corrected chi connectivity index (χ4v) is 2.10. The van der Waals surface area contributed by atoms with Crippen molar-refractivity contribution >= 4 is 5.97 Å². The van der Waals surface area contributed by atoms with Crippen LogP contribution in [0.3, 0.4) is 0 Å². The van der Waals surface area contributed by atoms with Gasteiger partial charge in [0.25, 0.3) is 0 Å². The van der Waals surface area contributed by atoms with Crippen LogP contribution in [-0.4, -0.2) is 44.2 Å². The molecule has 0 aliphatic carbocycles. The van der Waals surface area contributed by atoms with E-state index in [1.807, 2.05) is 0 Å². The van der Waals surface area contributed by atoms with Crippen LogP contribution in [0.5, 0.6) is 5.75 Å². The lowest BCUT2D eigenvalue weighted by atomic mass is 10.2. The molecule has 0 spiro atoms. The molecule has 2 rings (SSSR count). The monoisotopic (exact) mass is 249 g/mol. The number of carbonyl (C=O) groups is 1. The minimum atomic E-state index is -0.321. The molecule has 4 heteroatoms. The van der Waals surface area contributed by atoms with Crippen LogP contribution < -0.4 is 4.74 Å². The van der Waals surface area contributed by atoms with E-state index in [1.54, 1.807) is 24.3 Å². The molecule has 1 heterocycles. The third kappa shape index (κ3) is 3.47. The first-order valence-electron chi connectivity index (χ1n) is 6.33. The summed E-state index contributed by atoms with van der Waals surface area (Å²) >= 11 is 0. The molecule has 0 N–H and O–H groups in total. The summed E-state index contributed by atoms with van der Waals surface area (Å²) in [5.74, 6) is 0.473. The van der Waals surface area contributed by atoms with Crippen molar-refractivity contribution < 1.29 is 14.3 Å². The number of esters is 1. The van der Waals surface area contributed by atoms with E-state index < -0.39 is 0 Å². The zero-order valence-corrected chi connectivity index (χ0v) is 10.7. The molecule has 0 unspecified atom stereocenters. The van der Waals surface area contributed by atoms with Crippen molar-refractivity contribution in [1.29, 1.82) is 0 Å². The van der Waals surface area contributed by atoms with E-state index in [-0.39, 0.29) is 5.97 Å². The summed E-state index contributed by atoms with van der Waals surface area (Å²) in [6, 6.07) is 7.04. The SMILES string of the molecule is COC(=O)c1ccc(OCCN2CCCC2)cc1. The summed E-state index contributed by atoms with van der Waals surface area (Å²) in [7, 11) is 1.38. The average molecular weight is 249 g/mol. The van der Waals surface area contributed by atoms with Gasteiger partial charge in [0.2, 0.25) is 0 Å². The Morgan fingerprint density at radius 3 is 2.50 bits per heavy atom. The third-order valence-corrected chi connectivity index (χ3v) is 3.15. The predicted molar refractivity (Wildman–Crippen MR) is 69.0 cm³/mol. The topological polar surface area (TPSA) is 38.8 Å². The molecule has 0 saturated carbocycles. The van der Waals surface area contributed by atoms with Crippen LogP contribution in [0.4, 0.5) is 0 Å². The molecule has 1 aromatic carbocycles. The molecule has 0 radical (unpaired) electrons. The predicted octanol–water partition coefficient (Wildman–Crippen LogP) is 1.95. The van der Waals surface area contributed by atoms with Crippen LogP contribution in [0, 0.1) is 0 Å². The Hall–Kier alpha value is -1.55. The first-order chi connectivity index (χ1) is 8.79. The minimum absolute atomic E-state index is 0.321. The number of nitrogens with zero attached hydrogens (tertiary/aromatic N) is 1. The van der Waals surface area contributed by atoms with Crippen molar-refractivity contribution in [3.63, 3.8) is 0 Å². The number of hydrogen-bond donors (Lipinski definition) is 0. The van der Waals surface area contributed by atoms with E-state index in [9.17, 15) is 4.79 Å². The normalized spacial score (nSPS) is 15.6. The van der Waals surface area contributed by atoms with Gasteiger partial charge in [-0.2, -0.15) is 0 Å². The van der Waals surface area contributed by atoms with Gasteiger partial charge in [0, 0.05) is 6.54 Å². The molecule has 0 aromatic heterocycles. The van der Waals surface area contributed by atoms with Crippen LogP contribution in [0.1, 0.15) is 23.2 Å². The van der Waals surface area contributed by atoms with Crippen molar-refractivity contribution in [2.24, 2.45) is 0 Å². The lowest BCUT2D eigenvalue weighted by molar-refractivity contribution is 0.0600. The zero-order chi connectivity index (χ0) is 12.8. The highest BCUT2D eigenvalue weighted by Gasteiger charge is 2.10. The van der Waals surface area contributed by atoms with E-state index in [4.69, 9.17) is 4.74 Å². The molecule has 0 atom stereocenters. The van der Waals surface area contributed by atoms with Gasteiger partial charge in [-0.15, -0.1) is 0 Å². The Bertz CT molecular complexity index is 383. The summed E-state index contributed by atoms with van der Waals surface area (Å²) in [4.78, 5) is 13.6. The quantitative estimate of drug-likeness (QED) is 0.748. The van der Waals surface area contributed by atoms with Crippen LogP contribution in [0.2, 0.25) is 0 Å². The van der Waals surface area contributed by atoms with E-state index in [2.05, 4.69) is 9.64 Å². The van der Waals surface area contributed by atoms with Crippen molar-refractivity contribution in [2.75, 3.05) is 33.4 Å². The molecule has 0 bridgehead atoms. The maximum Gasteiger partial charge on any atom is 0.337 e. The first-order valence-corrected chi connectivity index (χ1v) is 6.33. The summed E-state index contributed by atoms with van der Waals surface area (Å²) in [5.41, 5.74) is 0.546.